The van der Waals surface area contributed by atoms with Gasteiger partial charge in [-0.2, -0.15) is 0 Å². The highest BCUT2D eigenvalue weighted by atomic mass is 35.5. The number of aryl methyl sites for hydroxylation is 2. The van der Waals surface area contributed by atoms with Crippen LogP contribution in [0.3, 0.4) is 0 Å². The minimum absolute atomic E-state index is 0. The van der Waals surface area contributed by atoms with Gasteiger partial charge in [0.2, 0.25) is 0 Å². The minimum atomic E-state index is 0. The number of hydrogen-bond donors (Lipinski definition) is 1. The largest absolute Gasteiger partial charge is 0.379 e. The predicted molar refractivity (Wildman–Crippen MR) is 107 cm³/mol. The predicted octanol–water partition coefficient (Wildman–Crippen LogP) is 3.35. The van der Waals surface area contributed by atoms with Crippen molar-refractivity contribution >= 4 is 30.6 Å². The molecular formula is C18H26Cl2N4O. The van der Waals surface area contributed by atoms with Gasteiger partial charge < -0.3 is 10.1 Å². The summed E-state index contributed by atoms with van der Waals surface area (Å²) in [5.74, 6) is 0.871. The van der Waals surface area contributed by atoms with Crippen LogP contribution in [0.5, 0.6) is 0 Å². The molecule has 2 aromatic rings. The Balaban J connectivity index is 0.00000156. The normalized spacial score (nSPS) is 14.3. The van der Waals surface area contributed by atoms with E-state index < -0.39 is 0 Å². The average Bonchev–Trinajstić information content (AvgIpc) is 2.58. The fourth-order valence-electron chi connectivity index (χ4n) is 2.81. The van der Waals surface area contributed by atoms with E-state index in [1.807, 2.05) is 12.1 Å². The number of morpholine rings is 1. The average molecular weight is 385 g/mol. The standard InChI is InChI=1S/C18H24N4O.2ClH/c1-14-5-3-4-6-16(14)17-13-15(2)18(21-20-17)19-7-8-22-9-11-23-12-10-22;;/h3-6,13H,7-12H2,1-2H3,(H,19,21);2*1H. The summed E-state index contributed by atoms with van der Waals surface area (Å²) in [7, 11) is 0. The summed E-state index contributed by atoms with van der Waals surface area (Å²) in [6.45, 7) is 9.75. The summed E-state index contributed by atoms with van der Waals surface area (Å²) in [4.78, 5) is 2.40. The number of nitrogens with one attached hydrogen (secondary N) is 1. The van der Waals surface area contributed by atoms with Crippen molar-refractivity contribution < 1.29 is 4.74 Å². The zero-order valence-electron chi connectivity index (χ0n) is 14.7. The minimum Gasteiger partial charge on any atom is -0.379 e. The van der Waals surface area contributed by atoms with Gasteiger partial charge in [0, 0.05) is 31.7 Å². The molecule has 1 fully saturated rings. The van der Waals surface area contributed by atoms with E-state index in [9.17, 15) is 0 Å². The molecule has 1 aliphatic rings. The molecule has 0 spiro atoms. The van der Waals surface area contributed by atoms with Gasteiger partial charge in [-0.25, -0.2) is 0 Å². The molecule has 0 atom stereocenters. The molecule has 0 bridgehead atoms. The van der Waals surface area contributed by atoms with Crippen LogP contribution in [0.25, 0.3) is 11.3 Å². The quantitative estimate of drug-likeness (QED) is 0.856. The van der Waals surface area contributed by atoms with Crippen molar-refractivity contribution in [2.24, 2.45) is 0 Å². The second-order valence-corrected chi connectivity index (χ2v) is 5.96. The van der Waals surface area contributed by atoms with Crippen LogP contribution < -0.4 is 5.32 Å². The lowest BCUT2D eigenvalue weighted by Gasteiger charge is -2.26. The number of anilines is 1. The lowest BCUT2D eigenvalue weighted by Crippen LogP contribution is -2.39. The van der Waals surface area contributed by atoms with Gasteiger partial charge >= 0.3 is 0 Å². The second kappa shape index (κ2) is 10.6. The highest BCUT2D eigenvalue weighted by Crippen LogP contribution is 2.23. The number of halogens is 2. The van der Waals surface area contributed by atoms with Crippen LogP contribution in [0.1, 0.15) is 11.1 Å². The zero-order valence-corrected chi connectivity index (χ0v) is 16.3. The van der Waals surface area contributed by atoms with Gasteiger partial charge in [0.15, 0.2) is 5.82 Å². The van der Waals surface area contributed by atoms with Crippen molar-refractivity contribution in [3.63, 3.8) is 0 Å². The van der Waals surface area contributed by atoms with E-state index in [1.54, 1.807) is 0 Å². The van der Waals surface area contributed by atoms with Crippen LogP contribution in [0.15, 0.2) is 30.3 Å². The third-order valence-corrected chi connectivity index (χ3v) is 4.23. The van der Waals surface area contributed by atoms with Gasteiger partial charge in [0.1, 0.15) is 0 Å². The summed E-state index contributed by atoms with van der Waals surface area (Å²) < 4.78 is 5.36. The van der Waals surface area contributed by atoms with Crippen molar-refractivity contribution in [3.8, 4) is 11.3 Å². The molecule has 1 N–H and O–H groups in total. The first-order valence-electron chi connectivity index (χ1n) is 8.18. The lowest BCUT2D eigenvalue weighted by molar-refractivity contribution is 0.0398. The summed E-state index contributed by atoms with van der Waals surface area (Å²) in [6.07, 6.45) is 0. The Morgan fingerprint density at radius 2 is 1.76 bits per heavy atom. The Bertz CT molecular complexity index is 663. The molecule has 138 valence electrons. The van der Waals surface area contributed by atoms with Gasteiger partial charge in [0.05, 0.1) is 18.9 Å². The van der Waals surface area contributed by atoms with Crippen molar-refractivity contribution in [2.45, 2.75) is 13.8 Å². The Hall–Kier alpha value is -1.40. The number of nitrogens with zero attached hydrogens (tertiary/aromatic N) is 3. The molecule has 1 aliphatic heterocycles. The Morgan fingerprint density at radius 1 is 1.04 bits per heavy atom. The first kappa shape index (κ1) is 21.6. The first-order chi connectivity index (χ1) is 11.2. The monoisotopic (exact) mass is 384 g/mol. The molecule has 5 nitrogen and oxygen atoms in total. The topological polar surface area (TPSA) is 50.3 Å². The lowest BCUT2D eigenvalue weighted by atomic mass is 10.0. The molecule has 0 aliphatic carbocycles. The molecule has 1 aromatic heterocycles. The Labute approximate surface area is 162 Å². The van der Waals surface area contributed by atoms with Crippen molar-refractivity contribution in [2.75, 3.05) is 44.7 Å². The maximum atomic E-state index is 5.36. The summed E-state index contributed by atoms with van der Waals surface area (Å²) in [5.41, 5.74) is 4.41. The van der Waals surface area contributed by atoms with E-state index in [1.165, 1.54) is 5.56 Å². The molecule has 25 heavy (non-hydrogen) atoms. The number of ether oxygens (including phenoxy) is 1. The molecule has 1 aromatic carbocycles. The fourth-order valence-corrected chi connectivity index (χ4v) is 2.81. The molecule has 0 radical (unpaired) electrons. The highest BCUT2D eigenvalue weighted by Gasteiger charge is 2.11. The van der Waals surface area contributed by atoms with Crippen molar-refractivity contribution in [3.05, 3.63) is 41.5 Å². The van der Waals surface area contributed by atoms with E-state index in [0.717, 1.165) is 62.0 Å². The van der Waals surface area contributed by atoms with Crippen LogP contribution in [0, 0.1) is 13.8 Å². The number of aromatic nitrogens is 2. The number of hydrogen-bond acceptors (Lipinski definition) is 5. The number of benzene rings is 1. The molecule has 0 saturated carbocycles. The molecular weight excluding hydrogens is 359 g/mol. The smallest absolute Gasteiger partial charge is 0.151 e. The Kier molecular flexibility index (Phi) is 9.14. The van der Waals surface area contributed by atoms with Crippen LogP contribution in [0.2, 0.25) is 0 Å². The third kappa shape index (κ3) is 5.82. The van der Waals surface area contributed by atoms with Crippen LogP contribution in [-0.2, 0) is 4.74 Å². The molecule has 3 rings (SSSR count). The van der Waals surface area contributed by atoms with E-state index in [-0.39, 0.29) is 24.8 Å². The maximum absolute atomic E-state index is 5.36. The van der Waals surface area contributed by atoms with Crippen LogP contribution in [-0.4, -0.2) is 54.5 Å². The van der Waals surface area contributed by atoms with E-state index >= 15 is 0 Å². The maximum Gasteiger partial charge on any atom is 0.151 e. The number of rotatable bonds is 5. The summed E-state index contributed by atoms with van der Waals surface area (Å²) in [6, 6.07) is 10.4. The van der Waals surface area contributed by atoms with E-state index in [0.29, 0.717) is 0 Å². The van der Waals surface area contributed by atoms with E-state index in [2.05, 4.69) is 52.5 Å². The van der Waals surface area contributed by atoms with Crippen molar-refractivity contribution in [1.82, 2.24) is 15.1 Å². The van der Waals surface area contributed by atoms with Gasteiger partial charge in [-0.05, 0) is 31.0 Å². The van der Waals surface area contributed by atoms with E-state index in [4.69, 9.17) is 4.74 Å². The summed E-state index contributed by atoms with van der Waals surface area (Å²) >= 11 is 0. The van der Waals surface area contributed by atoms with Crippen LogP contribution >= 0.6 is 24.8 Å². The molecule has 1 saturated heterocycles. The van der Waals surface area contributed by atoms with Gasteiger partial charge in [-0.15, -0.1) is 35.0 Å². The van der Waals surface area contributed by atoms with Crippen molar-refractivity contribution in [1.29, 1.82) is 0 Å². The highest BCUT2D eigenvalue weighted by molar-refractivity contribution is 5.85. The van der Waals surface area contributed by atoms with Crippen LogP contribution in [0.4, 0.5) is 5.82 Å². The SMILES string of the molecule is Cc1ccccc1-c1cc(C)c(NCCN2CCOCC2)nn1.Cl.Cl. The fraction of sp³-hybridized carbons (Fsp3) is 0.444. The van der Waals surface area contributed by atoms with Gasteiger partial charge in [-0.1, -0.05) is 24.3 Å². The Morgan fingerprint density at radius 3 is 2.44 bits per heavy atom. The third-order valence-electron chi connectivity index (χ3n) is 4.23. The zero-order chi connectivity index (χ0) is 16.1. The molecule has 7 heteroatoms. The molecule has 0 amide bonds. The molecule has 2 heterocycles. The van der Waals surface area contributed by atoms with Gasteiger partial charge in [0.25, 0.3) is 0 Å². The second-order valence-electron chi connectivity index (χ2n) is 5.96. The molecule has 0 unspecified atom stereocenters. The first-order valence-corrected chi connectivity index (χ1v) is 8.18. The van der Waals surface area contributed by atoms with Gasteiger partial charge in [-0.3, -0.25) is 4.90 Å². The summed E-state index contributed by atoms with van der Waals surface area (Å²) in [5, 5.41) is 12.2.